The minimum Gasteiger partial charge on any atom is -0.444 e. The van der Waals surface area contributed by atoms with Crippen molar-refractivity contribution in [2.24, 2.45) is 4.99 Å². The van der Waals surface area contributed by atoms with E-state index >= 15 is 0 Å². The second-order valence-corrected chi connectivity index (χ2v) is 6.24. The molecule has 0 aromatic heterocycles. The molecule has 0 unspecified atom stereocenters. The predicted octanol–water partition coefficient (Wildman–Crippen LogP) is 2.93. The molecule has 3 rings (SSSR count). The molecule has 1 N–H and O–H groups in total. The lowest BCUT2D eigenvalue weighted by atomic mass is 10.1. The van der Waals surface area contributed by atoms with Gasteiger partial charge in [-0.2, -0.15) is 0 Å². The lowest BCUT2D eigenvalue weighted by molar-refractivity contribution is -0.118. The van der Waals surface area contributed by atoms with Crippen molar-refractivity contribution in [1.82, 2.24) is 10.2 Å². The summed E-state index contributed by atoms with van der Waals surface area (Å²) in [5, 5.41) is 2.62. The first-order chi connectivity index (χ1) is 12.5. The summed E-state index contributed by atoms with van der Waals surface area (Å²) >= 11 is 0. The zero-order chi connectivity index (χ0) is 18.5. The topological polar surface area (TPSA) is 71.0 Å². The van der Waals surface area contributed by atoms with E-state index in [0.29, 0.717) is 6.54 Å². The number of rotatable bonds is 4. The van der Waals surface area contributed by atoms with Crippen molar-refractivity contribution >= 4 is 18.0 Å². The Balaban J connectivity index is 1.67. The van der Waals surface area contributed by atoms with Crippen molar-refractivity contribution < 1.29 is 14.3 Å². The van der Waals surface area contributed by atoms with Gasteiger partial charge in [0.2, 0.25) is 11.9 Å². The van der Waals surface area contributed by atoms with E-state index in [1.807, 2.05) is 56.3 Å². The summed E-state index contributed by atoms with van der Waals surface area (Å²) in [6.45, 7) is 4.49. The lowest BCUT2D eigenvalue weighted by Crippen LogP contribution is -2.36. The molecular weight excluding hydrogens is 330 g/mol. The third kappa shape index (κ3) is 4.27. The van der Waals surface area contributed by atoms with Crippen LogP contribution in [0.1, 0.15) is 22.3 Å². The van der Waals surface area contributed by atoms with Gasteiger partial charge in [0.05, 0.1) is 6.54 Å². The number of amides is 2. The maximum absolute atomic E-state index is 12.3. The smallest absolute Gasteiger partial charge is 0.417 e. The maximum atomic E-state index is 12.3. The van der Waals surface area contributed by atoms with E-state index in [2.05, 4.69) is 16.4 Å². The molecule has 1 heterocycles. The lowest BCUT2D eigenvalue weighted by Gasteiger charge is -2.15. The number of hydrogen-bond acceptors (Lipinski definition) is 4. The number of guanidine groups is 1. The highest BCUT2D eigenvalue weighted by molar-refractivity contribution is 6.10. The van der Waals surface area contributed by atoms with Crippen LogP contribution in [0.25, 0.3) is 0 Å². The molecule has 0 saturated carbocycles. The molecule has 0 bridgehead atoms. The van der Waals surface area contributed by atoms with E-state index in [9.17, 15) is 9.59 Å². The van der Waals surface area contributed by atoms with Gasteiger partial charge in [-0.1, -0.05) is 54.1 Å². The molecule has 2 aromatic carbocycles. The molecule has 1 fully saturated rings. The van der Waals surface area contributed by atoms with Crippen LogP contribution in [0.5, 0.6) is 0 Å². The second kappa shape index (κ2) is 7.82. The minimum absolute atomic E-state index is 0.0840. The van der Waals surface area contributed by atoms with E-state index in [0.717, 1.165) is 16.7 Å². The van der Waals surface area contributed by atoms with Gasteiger partial charge in [0.15, 0.2) is 0 Å². The fourth-order valence-electron chi connectivity index (χ4n) is 2.71. The Morgan fingerprint density at radius 3 is 2.69 bits per heavy atom. The molecule has 0 aliphatic carbocycles. The molecule has 0 spiro atoms. The van der Waals surface area contributed by atoms with E-state index < -0.39 is 6.09 Å². The van der Waals surface area contributed by atoms with E-state index in [1.165, 1.54) is 10.5 Å². The van der Waals surface area contributed by atoms with Crippen LogP contribution < -0.4 is 5.32 Å². The van der Waals surface area contributed by atoms with Crippen molar-refractivity contribution in [2.45, 2.75) is 27.0 Å². The summed E-state index contributed by atoms with van der Waals surface area (Å²) in [7, 11) is 0. The number of nitrogens with one attached hydrogen (secondary N) is 1. The van der Waals surface area contributed by atoms with Gasteiger partial charge in [-0.05, 0) is 30.5 Å². The Morgan fingerprint density at radius 1 is 1.19 bits per heavy atom. The van der Waals surface area contributed by atoms with Crippen molar-refractivity contribution in [3.8, 4) is 0 Å². The molecule has 2 aromatic rings. The van der Waals surface area contributed by atoms with Crippen LogP contribution in [0.2, 0.25) is 0 Å². The molecule has 0 radical (unpaired) electrons. The van der Waals surface area contributed by atoms with Gasteiger partial charge in [0, 0.05) is 0 Å². The standard InChI is InChI=1S/C20H21N3O3/c1-14-8-9-17(15(2)10-14)11-21-19-22-18(24)12-23(19)20(25)26-13-16-6-4-3-5-7-16/h3-10H,11-13H2,1-2H3,(H,21,22,24). The van der Waals surface area contributed by atoms with Crippen molar-refractivity contribution in [2.75, 3.05) is 6.54 Å². The van der Waals surface area contributed by atoms with Crippen LogP contribution in [0.15, 0.2) is 53.5 Å². The number of carbonyl (C=O) groups excluding carboxylic acids is 2. The first-order valence-corrected chi connectivity index (χ1v) is 8.41. The van der Waals surface area contributed by atoms with Crippen LogP contribution in [0.3, 0.4) is 0 Å². The summed E-state index contributed by atoms with van der Waals surface area (Å²) in [5.74, 6) is -0.0472. The Kier molecular flexibility index (Phi) is 5.31. The first kappa shape index (κ1) is 17.7. The molecule has 6 nitrogen and oxygen atoms in total. The van der Waals surface area contributed by atoms with E-state index in [4.69, 9.17) is 4.74 Å². The van der Waals surface area contributed by atoms with Crippen LogP contribution in [-0.4, -0.2) is 29.4 Å². The van der Waals surface area contributed by atoms with Gasteiger partial charge >= 0.3 is 6.09 Å². The SMILES string of the molecule is Cc1ccc(CN=C2NC(=O)CN2C(=O)OCc2ccccc2)c(C)c1. The number of ether oxygens (including phenoxy) is 1. The number of benzene rings is 2. The summed E-state index contributed by atoms with van der Waals surface area (Å²) in [6, 6.07) is 15.5. The number of aliphatic imine (C=N–C) groups is 1. The summed E-state index contributed by atoms with van der Waals surface area (Å²) in [5.41, 5.74) is 4.23. The zero-order valence-electron chi connectivity index (χ0n) is 14.9. The molecule has 1 saturated heterocycles. The van der Waals surface area contributed by atoms with Crippen LogP contribution in [0, 0.1) is 13.8 Å². The van der Waals surface area contributed by atoms with Gasteiger partial charge in [0.25, 0.3) is 0 Å². The molecule has 1 aliphatic heterocycles. The third-order valence-electron chi connectivity index (χ3n) is 4.13. The van der Waals surface area contributed by atoms with Crippen LogP contribution in [0.4, 0.5) is 4.79 Å². The normalized spacial score (nSPS) is 15.2. The maximum Gasteiger partial charge on any atom is 0.417 e. The summed E-state index contributed by atoms with van der Waals surface area (Å²) < 4.78 is 5.30. The molecule has 1 aliphatic rings. The Labute approximate surface area is 152 Å². The average molecular weight is 351 g/mol. The van der Waals surface area contributed by atoms with Gasteiger partial charge in [-0.15, -0.1) is 0 Å². The molecule has 0 atom stereocenters. The fraction of sp³-hybridized carbons (Fsp3) is 0.250. The van der Waals surface area contributed by atoms with Gasteiger partial charge in [-0.3, -0.25) is 10.1 Å². The number of carbonyl (C=O) groups is 2. The number of nitrogens with zero attached hydrogens (tertiary/aromatic N) is 2. The van der Waals surface area contributed by atoms with Gasteiger partial charge in [0.1, 0.15) is 13.2 Å². The Morgan fingerprint density at radius 2 is 1.96 bits per heavy atom. The molecule has 2 amide bonds. The minimum atomic E-state index is -0.591. The van der Waals surface area contributed by atoms with Crippen LogP contribution in [-0.2, 0) is 22.7 Å². The Bertz CT molecular complexity index is 847. The largest absolute Gasteiger partial charge is 0.444 e. The van der Waals surface area contributed by atoms with Gasteiger partial charge in [-0.25, -0.2) is 14.7 Å². The van der Waals surface area contributed by atoms with Crippen molar-refractivity contribution in [3.05, 3.63) is 70.8 Å². The van der Waals surface area contributed by atoms with E-state index in [1.54, 1.807) is 0 Å². The summed E-state index contributed by atoms with van der Waals surface area (Å²) in [4.78, 5) is 29.7. The Hall–Kier alpha value is -3.15. The number of aryl methyl sites for hydroxylation is 2. The average Bonchev–Trinajstić information content (AvgIpc) is 3.00. The fourth-order valence-corrected chi connectivity index (χ4v) is 2.71. The molecule has 26 heavy (non-hydrogen) atoms. The number of hydrogen-bond donors (Lipinski definition) is 1. The molecule has 134 valence electrons. The quantitative estimate of drug-likeness (QED) is 0.921. The van der Waals surface area contributed by atoms with Crippen molar-refractivity contribution in [3.63, 3.8) is 0 Å². The summed E-state index contributed by atoms with van der Waals surface area (Å²) in [6.07, 6.45) is -0.591. The van der Waals surface area contributed by atoms with E-state index in [-0.39, 0.29) is 25.0 Å². The predicted molar refractivity (Wildman–Crippen MR) is 98.5 cm³/mol. The highest BCUT2D eigenvalue weighted by atomic mass is 16.6. The highest BCUT2D eigenvalue weighted by Crippen LogP contribution is 2.13. The molecule has 6 heteroatoms. The highest BCUT2D eigenvalue weighted by Gasteiger charge is 2.31. The zero-order valence-corrected chi connectivity index (χ0v) is 14.9. The third-order valence-corrected chi connectivity index (χ3v) is 4.13. The molecular formula is C20H21N3O3. The monoisotopic (exact) mass is 351 g/mol. The first-order valence-electron chi connectivity index (χ1n) is 8.41. The van der Waals surface area contributed by atoms with Crippen molar-refractivity contribution in [1.29, 1.82) is 0 Å². The second-order valence-electron chi connectivity index (χ2n) is 6.24. The van der Waals surface area contributed by atoms with Crippen LogP contribution >= 0.6 is 0 Å². The van der Waals surface area contributed by atoms with Gasteiger partial charge < -0.3 is 4.74 Å².